The zero-order chi connectivity index (χ0) is 15.5. The number of ether oxygens (including phenoxy) is 1. The molecule has 4 nitrogen and oxygen atoms in total. The maximum atomic E-state index is 11.3. The van der Waals surface area contributed by atoms with Gasteiger partial charge in [-0.1, -0.05) is 30.4 Å². The molecule has 21 heavy (non-hydrogen) atoms. The first-order valence-corrected chi connectivity index (χ1v) is 7.90. The van der Waals surface area contributed by atoms with E-state index in [4.69, 9.17) is 9.88 Å². The van der Waals surface area contributed by atoms with Crippen molar-refractivity contribution < 1.29 is 13.2 Å². The van der Waals surface area contributed by atoms with E-state index in [9.17, 15) is 8.42 Å². The number of hydrogen-bond donors (Lipinski definition) is 1. The number of methoxy groups -OCH3 is 1. The molecule has 2 aromatic rings. The summed E-state index contributed by atoms with van der Waals surface area (Å²) in [5.74, 6) is 0.806. The number of aryl methyl sites for hydroxylation is 1. The Morgan fingerprint density at radius 2 is 1.86 bits per heavy atom. The highest BCUT2D eigenvalue weighted by atomic mass is 32.2. The van der Waals surface area contributed by atoms with Gasteiger partial charge in [-0.3, -0.25) is 0 Å². The Hall–Kier alpha value is -2.11. The van der Waals surface area contributed by atoms with Crippen LogP contribution >= 0.6 is 0 Å². The molecule has 110 valence electrons. The zero-order valence-electron chi connectivity index (χ0n) is 11.9. The summed E-state index contributed by atoms with van der Waals surface area (Å²) in [6.07, 6.45) is 3.78. The first-order chi connectivity index (χ1) is 9.90. The second-order valence-electron chi connectivity index (χ2n) is 4.67. The Bertz CT molecular complexity index is 780. The Morgan fingerprint density at radius 1 is 1.10 bits per heavy atom. The molecule has 0 unspecified atom stereocenters. The number of sulfonamides is 1. The van der Waals surface area contributed by atoms with Crippen LogP contribution in [0.25, 0.3) is 12.2 Å². The molecule has 0 heterocycles. The Kier molecular flexibility index (Phi) is 4.45. The van der Waals surface area contributed by atoms with E-state index < -0.39 is 10.0 Å². The lowest BCUT2D eigenvalue weighted by atomic mass is 10.1. The molecule has 2 N–H and O–H groups in total. The van der Waals surface area contributed by atoms with Crippen LogP contribution in [0, 0.1) is 6.92 Å². The quantitative estimate of drug-likeness (QED) is 0.883. The first-order valence-electron chi connectivity index (χ1n) is 6.36. The monoisotopic (exact) mass is 303 g/mol. The van der Waals surface area contributed by atoms with Gasteiger partial charge in [0.2, 0.25) is 10.0 Å². The molecule has 0 aromatic heterocycles. The molecule has 0 aliphatic carbocycles. The van der Waals surface area contributed by atoms with Gasteiger partial charge in [0.15, 0.2) is 0 Å². The summed E-state index contributed by atoms with van der Waals surface area (Å²) in [6, 6.07) is 12.3. The molecule has 5 heteroatoms. The van der Waals surface area contributed by atoms with Crippen molar-refractivity contribution in [2.45, 2.75) is 11.8 Å². The molecule has 0 aliphatic heterocycles. The fraction of sp³-hybridized carbons (Fsp3) is 0.125. The highest BCUT2D eigenvalue weighted by Crippen LogP contribution is 2.19. The third-order valence-corrected chi connectivity index (χ3v) is 4.03. The molecule has 0 atom stereocenters. The summed E-state index contributed by atoms with van der Waals surface area (Å²) in [7, 11) is -2.05. The summed E-state index contributed by atoms with van der Waals surface area (Å²) < 4.78 is 27.8. The molecular weight excluding hydrogens is 286 g/mol. The lowest BCUT2D eigenvalue weighted by Gasteiger charge is -2.04. The largest absolute Gasteiger partial charge is 0.497 e. The highest BCUT2D eigenvalue weighted by molar-refractivity contribution is 7.89. The smallest absolute Gasteiger partial charge is 0.238 e. The summed E-state index contributed by atoms with van der Waals surface area (Å²) in [4.78, 5) is 0.108. The van der Waals surface area contributed by atoms with Crippen molar-refractivity contribution in [2.75, 3.05) is 7.11 Å². The van der Waals surface area contributed by atoms with E-state index in [0.717, 1.165) is 22.4 Å². The minimum Gasteiger partial charge on any atom is -0.497 e. The third-order valence-electron chi connectivity index (χ3n) is 3.12. The van der Waals surface area contributed by atoms with Crippen molar-refractivity contribution in [2.24, 2.45) is 5.14 Å². The van der Waals surface area contributed by atoms with Gasteiger partial charge in [-0.15, -0.1) is 0 Å². The number of rotatable bonds is 4. The molecule has 0 fully saturated rings. The van der Waals surface area contributed by atoms with Crippen molar-refractivity contribution in [3.8, 4) is 5.75 Å². The van der Waals surface area contributed by atoms with Crippen LogP contribution in [0.2, 0.25) is 0 Å². The van der Waals surface area contributed by atoms with Gasteiger partial charge < -0.3 is 4.74 Å². The van der Waals surface area contributed by atoms with E-state index in [1.807, 2.05) is 43.3 Å². The van der Waals surface area contributed by atoms with E-state index in [-0.39, 0.29) is 4.90 Å². The van der Waals surface area contributed by atoms with E-state index in [0.29, 0.717) is 0 Å². The zero-order valence-corrected chi connectivity index (χ0v) is 12.7. The predicted octanol–water partition coefficient (Wildman–Crippen LogP) is 2.82. The van der Waals surface area contributed by atoms with E-state index in [1.165, 1.54) is 6.07 Å². The van der Waals surface area contributed by atoms with Gasteiger partial charge in [0.05, 0.1) is 12.0 Å². The Morgan fingerprint density at radius 3 is 2.48 bits per heavy atom. The number of benzene rings is 2. The lowest BCUT2D eigenvalue weighted by molar-refractivity contribution is 0.414. The maximum Gasteiger partial charge on any atom is 0.238 e. The molecule has 0 bridgehead atoms. The maximum absolute atomic E-state index is 11.3. The minimum absolute atomic E-state index is 0.108. The van der Waals surface area contributed by atoms with Gasteiger partial charge in [-0.25, -0.2) is 13.6 Å². The van der Waals surface area contributed by atoms with Gasteiger partial charge in [0.1, 0.15) is 5.75 Å². The number of hydrogen-bond acceptors (Lipinski definition) is 3. The van der Waals surface area contributed by atoms with Crippen LogP contribution in [0.1, 0.15) is 16.7 Å². The Balaban J connectivity index is 2.30. The second-order valence-corrected chi connectivity index (χ2v) is 6.23. The van der Waals surface area contributed by atoms with Crippen molar-refractivity contribution in [1.29, 1.82) is 0 Å². The van der Waals surface area contributed by atoms with Gasteiger partial charge in [0.25, 0.3) is 0 Å². The molecule has 2 rings (SSSR count). The fourth-order valence-corrected chi connectivity index (χ4v) is 2.51. The average Bonchev–Trinajstić information content (AvgIpc) is 2.45. The second kappa shape index (κ2) is 6.11. The predicted molar refractivity (Wildman–Crippen MR) is 84.5 cm³/mol. The van der Waals surface area contributed by atoms with E-state index in [2.05, 4.69) is 0 Å². The normalized spacial score (nSPS) is 11.8. The molecule has 2 aromatic carbocycles. The fourth-order valence-electron chi connectivity index (χ4n) is 1.94. The molecule has 0 saturated heterocycles. The molecule has 0 spiro atoms. The van der Waals surface area contributed by atoms with Gasteiger partial charge >= 0.3 is 0 Å². The van der Waals surface area contributed by atoms with E-state index >= 15 is 0 Å². The topological polar surface area (TPSA) is 69.4 Å². The Labute approximate surface area is 124 Å². The first kappa shape index (κ1) is 15.3. The van der Waals surface area contributed by atoms with Crippen molar-refractivity contribution in [3.63, 3.8) is 0 Å². The summed E-state index contributed by atoms with van der Waals surface area (Å²) in [6.45, 7) is 1.99. The number of nitrogens with two attached hydrogens (primary N) is 1. The minimum atomic E-state index is -3.68. The molecular formula is C16H17NO3S. The highest BCUT2D eigenvalue weighted by Gasteiger charge is 2.06. The van der Waals surface area contributed by atoms with Crippen LogP contribution in [-0.2, 0) is 10.0 Å². The lowest BCUT2D eigenvalue weighted by Crippen LogP contribution is -2.11. The van der Waals surface area contributed by atoms with Crippen LogP contribution in [0.15, 0.2) is 47.4 Å². The average molecular weight is 303 g/mol. The van der Waals surface area contributed by atoms with Crippen molar-refractivity contribution in [3.05, 3.63) is 59.2 Å². The van der Waals surface area contributed by atoms with Crippen LogP contribution in [-0.4, -0.2) is 15.5 Å². The molecule has 0 radical (unpaired) electrons. The van der Waals surface area contributed by atoms with Crippen molar-refractivity contribution >= 4 is 22.2 Å². The SMILES string of the molecule is COc1ccc(/C=C/c2cccc(S(N)(=O)=O)c2)c(C)c1. The van der Waals surface area contributed by atoms with Crippen LogP contribution < -0.4 is 9.88 Å². The summed E-state index contributed by atoms with van der Waals surface area (Å²) in [5, 5.41) is 5.12. The summed E-state index contributed by atoms with van der Waals surface area (Å²) >= 11 is 0. The van der Waals surface area contributed by atoms with Crippen LogP contribution in [0.5, 0.6) is 5.75 Å². The molecule has 0 amide bonds. The van der Waals surface area contributed by atoms with Crippen LogP contribution in [0.4, 0.5) is 0 Å². The molecule has 0 saturated carbocycles. The standard InChI is InChI=1S/C16H17NO3S/c1-12-10-15(20-2)9-8-14(12)7-6-13-4-3-5-16(11-13)21(17,18)19/h3-11H,1-2H3,(H2,17,18,19)/b7-6+. The third kappa shape index (κ3) is 3.93. The van der Waals surface area contributed by atoms with E-state index in [1.54, 1.807) is 19.2 Å². The van der Waals surface area contributed by atoms with Crippen molar-refractivity contribution in [1.82, 2.24) is 0 Å². The summed E-state index contributed by atoms with van der Waals surface area (Å²) in [5.41, 5.74) is 2.89. The van der Waals surface area contributed by atoms with Gasteiger partial charge in [-0.05, 0) is 47.9 Å². The van der Waals surface area contributed by atoms with Gasteiger partial charge in [0, 0.05) is 0 Å². The van der Waals surface area contributed by atoms with Gasteiger partial charge in [-0.2, -0.15) is 0 Å². The van der Waals surface area contributed by atoms with Crippen LogP contribution in [0.3, 0.4) is 0 Å². The molecule has 0 aliphatic rings. The number of primary sulfonamides is 1.